The SMILES string of the molecule is CC(C)NC(C)CC12CC3CC(CC(C3)C1Cl)C2.Cl. The Hall–Kier alpha value is 0.540. The van der Waals surface area contributed by atoms with Crippen molar-refractivity contribution in [1.82, 2.24) is 5.32 Å². The van der Waals surface area contributed by atoms with E-state index < -0.39 is 0 Å². The van der Waals surface area contributed by atoms with Crippen molar-refractivity contribution in [3.8, 4) is 0 Å². The van der Waals surface area contributed by atoms with Gasteiger partial charge in [0, 0.05) is 17.5 Å². The highest BCUT2D eigenvalue weighted by Gasteiger charge is 2.56. The van der Waals surface area contributed by atoms with Crippen LogP contribution in [-0.4, -0.2) is 17.5 Å². The van der Waals surface area contributed by atoms with E-state index in [0.717, 1.165) is 17.8 Å². The van der Waals surface area contributed by atoms with Crippen LogP contribution in [0.3, 0.4) is 0 Å². The standard InChI is InChI=1S/C16H28ClN.ClH/c1-10(2)18-11(3)7-16-8-12-4-13(9-16)6-14(5-12)15(16)17;/h10-15,18H,4-9H2,1-3H3;1H. The van der Waals surface area contributed by atoms with Gasteiger partial charge >= 0.3 is 0 Å². The molecule has 3 heteroatoms. The average molecular weight is 306 g/mol. The van der Waals surface area contributed by atoms with Gasteiger partial charge in [0.05, 0.1) is 0 Å². The summed E-state index contributed by atoms with van der Waals surface area (Å²) >= 11 is 6.88. The van der Waals surface area contributed by atoms with Crippen LogP contribution >= 0.6 is 24.0 Å². The molecule has 4 saturated carbocycles. The second-order valence-corrected chi connectivity index (χ2v) is 8.27. The van der Waals surface area contributed by atoms with Gasteiger partial charge in [0.2, 0.25) is 0 Å². The minimum atomic E-state index is 0. The molecular weight excluding hydrogens is 277 g/mol. The summed E-state index contributed by atoms with van der Waals surface area (Å²) in [4.78, 5) is 0. The molecule has 0 aromatic heterocycles. The summed E-state index contributed by atoms with van der Waals surface area (Å²) in [5, 5.41) is 4.14. The summed E-state index contributed by atoms with van der Waals surface area (Å²) in [5.41, 5.74) is 0.470. The Labute approximate surface area is 129 Å². The monoisotopic (exact) mass is 305 g/mol. The highest BCUT2D eigenvalue weighted by molar-refractivity contribution is 6.21. The summed E-state index contributed by atoms with van der Waals surface area (Å²) in [6.07, 6.45) is 8.49. The summed E-state index contributed by atoms with van der Waals surface area (Å²) in [5.74, 6) is 2.84. The maximum Gasteiger partial charge on any atom is 0.0421 e. The van der Waals surface area contributed by atoms with Gasteiger partial charge in [-0.05, 0) is 68.6 Å². The molecule has 19 heavy (non-hydrogen) atoms. The van der Waals surface area contributed by atoms with Crippen molar-refractivity contribution in [2.24, 2.45) is 23.2 Å². The molecule has 4 aliphatic rings. The van der Waals surface area contributed by atoms with Crippen LogP contribution in [0, 0.1) is 23.2 Å². The van der Waals surface area contributed by atoms with Crippen LogP contribution in [0.5, 0.6) is 0 Å². The smallest absolute Gasteiger partial charge is 0.0421 e. The van der Waals surface area contributed by atoms with Crippen molar-refractivity contribution >= 4 is 24.0 Å². The van der Waals surface area contributed by atoms with E-state index in [1.165, 1.54) is 38.5 Å². The third-order valence-corrected chi connectivity index (χ3v) is 6.48. The van der Waals surface area contributed by atoms with E-state index in [1.807, 2.05) is 0 Å². The van der Waals surface area contributed by atoms with E-state index in [1.54, 1.807) is 0 Å². The minimum absolute atomic E-state index is 0. The summed E-state index contributed by atoms with van der Waals surface area (Å²) < 4.78 is 0. The zero-order valence-corrected chi connectivity index (χ0v) is 14.1. The van der Waals surface area contributed by atoms with E-state index in [9.17, 15) is 0 Å². The fourth-order valence-electron chi connectivity index (χ4n) is 5.66. The quantitative estimate of drug-likeness (QED) is 0.747. The van der Waals surface area contributed by atoms with Crippen molar-refractivity contribution in [2.45, 2.75) is 76.8 Å². The van der Waals surface area contributed by atoms with Crippen molar-refractivity contribution in [3.63, 3.8) is 0 Å². The second-order valence-electron chi connectivity index (χ2n) is 7.80. The van der Waals surface area contributed by atoms with Crippen LogP contribution in [0.2, 0.25) is 0 Å². The zero-order valence-electron chi connectivity index (χ0n) is 12.5. The number of hydrogen-bond donors (Lipinski definition) is 1. The molecular formula is C16H29Cl2N. The van der Waals surface area contributed by atoms with Crippen LogP contribution in [-0.2, 0) is 0 Å². The Morgan fingerprint density at radius 1 is 1.11 bits per heavy atom. The number of rotatable bonds is 4. The molecule has 0 spiro atoms. The largest absolute Gasteiger partial charge is 0.312 e. The van der Waals surface area contributed by atoms with Gasteiger partial charge < -0.3 is 5.32 Å². The fourth-order valence-corrected chi connectivity index (χ4v) is 6.14. The topological polar surface area (TPSA) is 12.0 Å². The lowest BCUT2D eigenvalue weighted by Gasteiger charge is -2.60. The van der Waals surface area contributed by atoms with Gasteiger partial charge in [0.25, 0.3) is 0 Å². The Morgan fingerprint density at radius 3 is 2.21 bits per heavy atom. The highest BCUT2D eigenvalue weighted by atomic mass is 35.5. The molecule has 0 aromatic carbocycles. The molecule has 4 rings (SSSR count). The van der Waals surface area contributed by atoms with Crippen LogP contribution in [0.25, 0.3) is 0 Å². The van der Waals surface area contributed by atoms with Crippen molar-refractivity contribution in [1.29, 1.82) is 0 Å². The first-order valence-corrected chi connectivity index (χ1v) is 8.32. The molecule has 0 radical (unpaired) electrons. The van der Waals surface area contributed by atoms with Gasteiger partial charge in [-0.2, -0.15) is 0 Å². The molecule has 0 saturated heterocycles. The van der Waals surface area contributed by atoms with Crippen LogP contribution in [0.15, 0.2) is 0 Å². The van der Waals surface area contributed by atoms with E-state index >= 15 is 0 Å². The maximum atomic E-state index is 6.88. The molecule has 112 valence electrons. The predicted molar refractivity (Wildman–Crippen MR) is 85.2 cm³/mol. The van der Waals surface area contributed by atoms with E-state index in [0.29, 0.717) is 22.9 Å². The Bertz CT molecular complexity index is 304. The third-order valence-electron chi connectivity index (χ3n) is 5.66. The van der Waals surface area contributed by atoms with Gasteiger partial charge in [-0.15, -0.1) is 24.0 Å². The zero-order chi connectivity index (χ0) is 12.9. The number of hydrogen-bond acceptors (Lipinski definition) is 1. The number of halogens is 2. The summed E-state index contributed by atoms with van der Waals surface area (Å²) in [6, 6.07) is 1.20. The predicted octanol–water partition coefficient (Wildman–Crippen LogP) is 4.62. The lowest BCUT2D eigenvalue weighted by molar-refractivity contribution is -0.0564. The molecule has 4 aliphatic carbocycles. The summed E-state index contributed by atoms with van der Waals surface area (Å²) in [6.45, 7) is 6.84. The Kier molecular flexibility index (Phi) is 4.80. The number of nitrogens with one attached hydrogen (secondary N) is 1. The van der Waals surface area contributed by atoms with Gasteiger partial charge in [-0.25, -0.2) is 0 Å². The van der Waals surface area contributed by atoms with Crippen molar-refractivity contribution in [2.75, 3.05) is 0 Å². The Morgan fingerprint density at radius 2 is 1.68 bits per heavy atom. The molecule has 4 bridgehead atoms. The van der Waals surface area contributed by atoms with Gasteiger partial charge in [0.15, 0.2) is 0 Å². The summed E-state index contributed by atoms with van der Waals surface area (Å²) in [7, 11) is 0. The first kappa shape index (κ1) is 15.9. The van der Waals surface area contributed by atoms with E-state index in [-0.39, 0.29) is 12.4 Å². The van der Waals surface area contributed by atoms with E-state index in [4.69, 9.17) is 11.6 Å². The second kappa shape index (κ2) is 5.73. The highest BCUT2D eigenvalue weighted by Crippen LogP contribution is 2.63. The molecule has 0 heterocycles. The van der Waals surface area contributed by atoms with Gasteiger partial charge in [-0.1, -0.05) is 13.8 Å². The molecule has 4 fully saturated rings. The molecule has 1 N–H and O–H groups in total. The Balaban J connectivity index is 0.00000133. The maximum absolute atomic E-state index is 6.88. The van der Waals surface area contributed by atoms with Crippen molar-refractivity contribution in [3.05, 3.63) is 0 Å². The molecule has 0 amide bonds. The first-order valence-electron chi connectivity index (χ1n) is 7.88. The normalized spacial score (nSPS) is 45.3. The third kappa shape index (κ3) is 2.94. The van der Waals surface area contributed by atoms with E-state index in [2.05, 4.69) is 26.1 Å². The minimum Gasteiger partial charge on any atom is -0.312 e. The molecule has 0 aliphatic heterocycles. The van der Waals surface area contributed by atoms with Crippen LogP contribution < -0.4 is 5.32 Å². The fraction of sp³-hybridized carbons (Fsp3) is 1.00. The van der Waals surface area contributed by atoms with Gasteiger partial charge in [-0.3, -0.25) is 0 Å². The lowest BCUT2D eigenvalue weighted by atomic mass is 9.48. The molecule has 0 aromatic rings. The van der Waals surface area contributed by atoms with Gasteiger partial charge in [0.1, 0.15) is 0 Å². The molecule has 4 unspecified atom stereocenters. The number of alkyl halides is 1. The lowest BCUT2D eigenvalue weighted by Crippen LogP contribution is -2.55. The van der Waals surface area contributed by atoms with Crippen LogP contribution in [0.4, 0.5) is 0 Å². The first-order chi connectivity index (χ1) is 8.48. The average Bonchev–Trinajstić information content (AvgIpc) is 2.23. The van der Waals surface area contributed by atoms with Crippen molar-refractivity contribution < 1.29 is 0 Å². The molecule has 4 atom stereocenters. The molecule has 1 nitrogen and oxygen atoms in total. The van der Waals surface area contributed by atoms with Crippen LogP contribution in [0.1, 0.15) is 59.3 Å².